The van der Waals surface area contributed by atoms with Gasteiger partial charge in [0.05, 0.1) is 0 Å². The van der Waals surface area contributed by atoms with Crippen molar-refractivity contribution in [1.29, 1.82) is 0 Å². The number of carbonyl (C=O) groups is 2. The Hall–Kier alpha value is -2.10. The number of hydrogen-bond acceptors (Lipinski definition) is 8. The van der Waals surface area contributed by atoms with Gasteiger partial charge in [0.1, 0.15) is 29.7 Å². The maximum Gasteiger partial charge on any atom is 0.193 e. The van der Waals surface area contributed by atoms with Crippen LogP contribution >= 0.6 is 0 Å². The fraction of sp³-hybridized carbons (Fsp3) is 0.474. The number of hydrogen-bond donors (Lipinski definition) is 6. The van der Waals surface area contributed by atoms with Gasteiger partial charge in [0.2, 0.25) is 0 Å². The average molecular weight is 376 g/mol. The van der Waals surface area contributed by atoms with Crippen LogP contribution in [0.25, 0.3) is 0 Å². The topological polar surface area (TPSA) is 156 Å². The molecule has 0 bridgehead atoms. The Kier molecular flexibility index (Phi) is 3.70. The normalized spacial score (nSPS) is 41.1. The Bertz CT molecular complexity index is 905. The van der Waals surface area contributed by atoms with Crippen molar-refractivity contribution in [2.45, 2.75) is 49.3 Å². The molecule has 0 spiro atoms. The largest absolute Gasteiger partial charge is 0.508 e. The summed E-state index contributed by atoms with van der Waals surface area (Å²) in [5.41, 5.74) is -6.68. The first-order valence-corrected chi connectivity index (χ1v) is 8.69. The summed E-state index contributed by atoms with van der Waals surface area (Å²) in [4.78, 5) is 25.9. The number of ketones is 2. The molecule has 0 aromatic heterocycles. The lowest BCUT2D eigenvalue weighted by molar-refractivity contribution is -0.229. The second-order valence-corrected chi connectivity index (χ2v) is 7.76. The number of aliphatic hydroxyl groups is 5. The van der Waals surface area contributed by atoms with Crippen LogP contribution in [0.2, 0.25) is 0 Å². The Morgan fingerprint density at radius 3 is 2.44 bits per heavy atom. The number of phenolic OH excluding ortho intramolecular Hbond substituents is 1. The summed E-state index contributed by atoms with van der Waals surface area (Å²) in [6.07, 6.45) is -6.02. The molecule has 0 aliphatic heterocycles. The van der Waals surface area contributed by atoms with Crippen LogP contribution in [0.1, 0.15) is 41.8 Å². The molecule has 8 nitrogen and oxygen atoms in total. The van der Waals surface area contributed by atoms with Gasteiger partial charge in [-0.15, -0.1) is 0 Å². The van der Waals surface area contributed by atoms with E-state index in [9.17, 15) is 40.2 Å². The van der Waals surface area contributed by atoms with E-state index in [0.717, 1.165) is 0 Å². The van der Waals surface area contributed by atoms with Gasteiger partial charge in [-0.05, 0) is 18.4 Å². The first-order valence-electron chi connectivity index (χ1n) is 8.69. The van der Waals surface area contributed by atoms with E-state index < -0.39 is 63.9 Å². The third kappa shape index (κ3) is 1.99. The van der Waals surface area contributed by atoms with Crippen molar-refractivity contribution in [2.24, 2.45) is 5.92 Å². The molecule has 4 rings (SSSR count). The van der Waals surface area contributed by atoms with Gasteiger partial charge in [0, 0.05) is 28.7 Å². The smallest absolute Gasteiger partial charge is 0.193 e. The Labute approximate surface area is 154 Å². The number of aliphatic hydroxyl groups excluding tert-OH is 3. The van der Waals surface area contributed by atoms with Crippen molar-refractivity contribution in [1.82, 2.24) is 0 Å². The third-order valence-electron chi connectivity index (χ3n) is 6.10. The second kappa shape index (κ2) is 5.46. The van der Waals surface area contributed by atoms with E-state index in [2.05, 4.69) is 0 Å². The molecule has 144 valence electrons. The maximum atomic E-state index is 13.1. The molecule has 1 aromatic carbocycles. The molecule has 1 aromatic rings. The third-order valence-corrected chi connectivity index (χ3v) is 6.10. The standard InChI is InChI=1S/C19H20O8/c1-7-5-10(21)19(27)13-12(16(24)17(25)18(19,26)6-7)15(23)11-8(14(13)22)3-2-4-9(11)20/h2-4,7,15-17,20,23-27H,5-6H2,1H3/t7-,15+,16-,17-,18+,19-/m0/s1. The van der Waals surface area contributed by atoms with Crippen LogP contribution in [0.3, 0.4) is 0 Å². The van der Waals surface area contributed by atoms with Crippen molar-refractivity contribution >= 4 is 11.6 Å². The molecular weight excluding hydrogens is 356 g/mol. The zero-order valence-corrected chi connectivity index (χ0v) is 14.5. The first-order chi connectivity index (χ1) is 12.6. The van der Waals surface area contributed by atoms with Gasteiger partial charge < -0.3 is 30.6 Å². The minimum atomic E-state index is -2.77. The number of benzene rings is 1. The lowest BCUT2D eigenvalue weighted by Gasteiger charge is -2.56. The van der Waals surface area contributed by atoms with Crippen LogP contribution in [0.15, 0.2) is 29.3 Å². The van der Waals surface area contributed by atoms with Gasteiger partial charge in [-0.1, -0.05) is 19.1 Å². The zero-order chi connectivity index (χ0) is 19.9. The number of aromatic hydroxyl groups is 1. The van der Waals surface area contributed by atoms with Crippen molar-refractivity contribution in [3.8, 4) is 5.75 Å². The Morgan fingerprint density at radius 1 is 1.11 bits per heavy atom. The van der Waals surface area contributed by atoms with Crippen molar-refractivity contribution in [2.75, 3.05) is 0 Å². The van der Waals surface area contributed by atoms with Crippen LogP contribution in [0.5, 0.6) is 5.75 Å². The molecule has 0 heterocycles. The summed E-state index contributed by atoms with van der Waals surface area (Å²) < 4.78 is 0. The predicted octanol–water partition coefficient (Wildman–Crippen LogP) is -0.885. The zero-order valence-electron chi connectivity index (χ0n) is 14.5. The van der Waals surface area contributed by atoms with Gasteiger partial charge in [0.15, 0.2) is 17.2 Å². The monoisotopic (exact) mass is 376 g/mol. The van der Waals surface area contributed by atoms with Crippen LogP contribution in [-0.2, 0) is 4.79 Å². The molecule has 0 amide bonds. The first kappa shape index (κ1) is 18.3. The number of carbonyl (C=O) groups excluding carboxylic acids is 2. The van der Waals surface area contributed by atoms with E-state index in [-0.39, 0.29) is 24.0 Å². The molecule has 0 saturated heterocycles. The van der Waals surface area contributed by atoms with Crippen LogP contribution in [0.4, 0.5) is 0 Å². The molecule has 8 heteroatoms. The summed E-state index contributed by atoms with van der Waals surface area (Å²) in [6, 6.07) is 3.91. The minimum Gasteiger partial charge on any atom is -0.508 e. The van der Waals surface area contributed by atoms with E-state index in [1.54, 1.807) is 6.92 Å². The molecule has 6 atom stereocenters. The van der Waals surface area contributed by atoms with E-state index in [4.69, 9.17) is 0 Å². The molecule has 0 radical (unpaired) electrons. The molecule has 3 aliphatic carbocycles. The number of rotatable bonds is 0. The van der Waals surface area contributed by atoms with Gasteiger partial charge >= 0.3 is 0 Å². The molecule has 6 N–H and O–H groups in total. The summed E-state index contributed by atoms with van der Waals surface area (Å²) in [5.74, 6) is -2.56. The van der Waals surface area contributed by atoms with Crippen molar-refractivity contribution in [3.05, 3.63) is 40.5 Å². The summed E-state index contributed by atoms with van der Waals surface area (Å²) in [6.45, 7) is 1.64. The lowest BCUT2D eigenvalue weighted by Crippen LogP contribution is -2.75. The highest BCUT2D eigenvalue weighted by Crippen LogP contribution is 2.55. The average Bonchev–Trinajstić information content (AvgIpc) is 2.60. The van der Waals surface area contributed by atoms with Crippen LogP contribution < -0.4 is 0 Å². The minimum absolute atomic E-state index is 0.144. The molecule has 0 unspecified atom stereocenters. The van der Waals surface area contributed by atoms with E-state index >= 15 is 0 Å². The molecule has 3 aliphatic rings. The fourth-order valence-electron chi connectivity index (χ4n) is 4.86. The quantitative estimate of drug-likeness (QED) is 0.341. The number of Topliss-reactive ketones (excluding diaryl/α,β-unsaturated/α-hetero) is 2. The van der Waals surface area contributed by atoms with Gasteiger partial charge in [-0.2, -0.15) is 0 Å². The summed E-state index contributed by atoms with van der Waals surface area (Å²) in [5, 5.41) is 64.3. The number of fused-ring (bicyclic) bond motifs is 3. The van der Waals surface area contributed by atoms with Gasteiger partial charge in [-0.25, -0.2) is 0 Å². The Balaban J connectivity index is 2.05. The second-order valence-electron chi connectivity index (χ2n) is 7.76. The number of phenols is 1. The van der Waals surface area contributed by atoms with E-state index in [1.165, 1.54) is 18.2 Å². The molecule has 27 heavy (non-hydrogen) atoms. The van der Waals surface area contributed by atoms with Gasteiger partial charge in [0.25, 0.3) is 0 Å². The molecule has 1 saturated carbocycles. The van der Waals surface area contributed by atoms with Crippen LogP contribution in [0, 0.1) is 5.92 Å². The van der Waals surface area contributed by atoms with Gasteiger partial charge in [-0.3, -0.25) is 9.59 Å². The Morgan fingerprint density at radius 2 is 1.78 bits per heavy atom. The SMILES string of the molecule is C[C@H]1CC(=O)[C@]2(O)C3=C([C@H](O)c4c(O)cccc4C3=O)[C@H](O)[C@H](O)[C@]2(O)C1. The van der Waals surface area contributed by atoms with E-state index in [0.29, 0.717) is 0 Å². The highest BCUT2D eigenvalue weighted by molar-refractivity contribution is 6.18. The lowest BCUT2D eigenvalue weighted by atomic mass is 9.54. The highest BCUT2D eigenvalue weighted by atomic mass is 16.4. The van der Waals surface area contributed by atoms with Crippen LogP contribution in [-0.4, -0.2) is 65.6 Å². The van der Waals surface area contributed by atoms with E-state index in [1.807, 2.05) is 0 Å². The molecular formula is C19H20O8. The highest BCUT2D eigenvalue weighted by Gasteiger charge is 2.70. The van der Waals surface area contributed by atoms with Crippen molar-refractivity contribution < 1.29 is 40.2 Å². The summed E-state index contributed by atoms with van der Waals surface area (Å²) >= 11 is 0. The molecule has 1 fully saturated rings. The van der Waals surface area contributed by atoms with Crippen molar-refractivity contribution in [3.63, 3.8) is 0 Å². The fourth-order valence-corrected chi connectivity index (χ4v) is 4.86. The predicted molar refractivity (Wildman–Crippen MR) is 89.7 cm³/mol. The maximum absolute atomic E-state index is 13.1. The summed E-state index contributed by atoms with van der Waals surface area (Å²) in [7, 11) is 0.